The van der Waals surface area contributed by atoms with E-state index in [4.69, 9.17) is 16.4 Å². The van der Waals surface area contributed by atoms with Crippen LogP contribution in [0, 0.1) is 18.8 Å². The number of unbranched alkanes of at least 4 members (excludes halogenated alkanes) is 4. The molecule has 0 amide bonds. The van der Waals surface area contributed by atoms with Gasteiger partial charge in [0.2, 0.25) is 0 Å². The van der Waals surface area contributed by atoms with Crippen molar-refractivity contribution in [2.24, 2.45) is 11.8 Å². The van der Waals surface area contributed by atoms with Crippen LogP contribution in [-0.2, 0) is 19.1 Å². The Hall–Kier alpha value is -1.36. The molecule has 0 aromatic heterocycles. The quantitative estimate of drug-likeness (QED) is 0.0948. The van der Waals surface area contributed by atoms with Crippen molar-refractivity contribution in [3.8, 4) is 0 Å². The molecule has 5 heteroatoms. The van der Waals surface area contributed by atoms with E-state index >= 15 is 0 Å². The second kappa shape index (κ2) is 22.1. The van der Waals surface area contributed by atoms with Gasteiger partial charge >= 0.3 is 11.9 Å². The minimum absolute atomic E-state index is 0.131. The Bertz CT molecular complexity index is 532. The lowest BCUT2D eigenvalue weighted by Gasteiger charge is -2.20. The summed E-state index contributed by atoms with van der Waals surface area (Å²) < 4.78 is 10.5. The largest absolute Gasteiger partial charge is 0.462 e. The first-order valence-electron chi connectivity index (χ1n) is 13.7. The number of rotatable bonds is 22. The molecule has 0 aliphatic rings. The molecule has 2 radical (unpaired) electrons. The molecular formula is C29H53NO4. The molecule has 0 heterocycles. The molecule has 0 aliphatic heterocycles. The van der Waals surface area contributed by atoms with Gasteiger partial charge in [-0.3, -0.25) is 9.59 Å². The van der Waals surface area contributed by atoms with E-state index in [9.17, 15) is 9.59 Å². The molecule has 0 aromatic carbocycles. The summed E-state index contributed by atoms with van der Waals surface area (Å²) in [5, 5.41) is 0. The molecule has 0 rings (SSSR count). The van der Waals surface area contributed by atoms with Crippen molar-refractivity contribution in [1.29, 1.82) is 0 Å². The molecule has 198 valence electrons. The highest BCUT2D eigenvalue weighted by molar-refractivity contribution is 5.73. The second-order valence-electron chi connectivity index (χ2n) is 10.3. The summed E-state index contributed by atoms with van der Waals surface area (Å²) >= 11 is 0. The number of hydrogen-bond acceptors (Lipinski definition) is 5. The number of esters is 2. The summed E-state index contributed by atoms with van der Waals surface area (Å²) in [6.45, 7) is 13.0. The Balaban J connectivity index is 4.31. The first-order chi connectivity index (χ1) is 16.2. The van der Waals surface area contributed by atoms with Gasteiger partial charge in [-0.05, 0) is 51.7 Å². The maximum atomic E-state index is 12.3. The molecule has 34 heavy (non-hydrogen) atoms. The molecular weight excluding hydrogens is 426 g/mol. The van der Waals surface area contributed by atoms with Crippen LogP contribution in [0.4, 0.5) is 0 Å². The van der Waals surface area contributed by atoms with Crippen molar-refractivity contribution in [2.75, 3.05) is 27.2 Å². The van der Waals surface area contributed by atoms with Gasteiger partial charge in [0.15, 0.2) is 0 Å². The molecule has 3 unspecified atom stereocenters. The standard InChI is InChI=1S/C29H53NO4/c1-7-8-9-10-11-16-25(2)17-14-18-26(3)21-22-28(19-12-13-24-33-27(4)31)34-29(32)20-15-23-30(5)6/h4,12-13,25-26,28H,7-11,14-24H2,1-3,5-6H3/b13-12-. The zero-order valence-corrected chi connectivity index (χ0v) is 22.9. The van der Waals surface area contributed by atoms with Crippen LogP contribution in [0.3, 0.4) is 0 Å². The summed E-state index contributed by atoms with van der Waals surface area (Å²) in [6, 6.07) is 0. The maximum Gasteiger partial charge on any atom is 0.311 e. The van der Waals surface area contributed by atoms with E-state index in [0.29, 0.717) is 18.8 Å². The van der Waals surface area contributed by atoms with Gasteiger partial charge in [-0.1, -0.05) is 90.7 Å². The van der Waals surface area contributed by atoms with Gasteiger partial charge in [-0.25, -0.2) is 0 Å². The van der Waals surface area contributed by atoms with Gasteiger partial charge in [0.25, 0.3) is 0 Å². The van der Waals surface area contributed by atoms with E-state index in [0.717, 1.165) is 31.7 Å². The second-order valence-corrected chi connectivity index (χ2v) is 10.3. The van der Waals surface area contributed by atoms with Gasteiger partial charge in [-0.15, -0.1) is 0 Å². The Morgan fingerprint density at radius 1 is 0.853 bits per heavy atom. The number of carbonyl (C=O) groups excluding carboxylic acids is 2. The molecule has 0 N–H and O–H groups in total. The number of carbonyl (C=O) groups is 2. The Morgan fingerprint density at radius 3 is 2.15 bits per heavy atom. The maximum absolute atomic E-state index is 12.3. The predicted octanol–water partition coefficient (Wildman–Crippen LogP) is 7.02. The molecule has 0 fully saturated rings. The molecule has 0 saturated carbocycles. The monoisotopic (exact) mass is 479 g/mol. The highest BCUT2D eigenvalue weighted by Crippen LogP contribution is 2.22. The SMILES string of the molecule is [CH]C(=O)OC/C=C\CC(CCC(C)CCCC(C)CCCCCCC)OC(=O)CCCN(C)C. The molecule has 0 aliphatic carbocycles. The first kappa shape index (κ1) is 32.6. The topological polar surface area (TPSA) is 55.8 Å². The van der Waals surface area contributed by atoms with Crippen LogP contribution in [0.5, 0.6) is 0 Å². The van der Waals surface area contributed by atoms with Crippen LogP contribution in [0.25, 0.3) is 0 Å². The zero-order chi connectivity index (χ0) is 25.6. The van der Waals surface area contributed by atoms with Gasteiger partial charge in [-0.2, -0.15) is 0 Å². The van der Waals surface area contributed by atoms with E-state index in [1.165, 1.54) is 57.8 Å². The van der Waals surface area contributed by atoms with Crippen molar-refractivity contribution < 1.29 is 19.1 Å². The fraction of sp³-hybridized carbons (Fsp3) is 0.828. The molecule has 5 nitrogen and oxygen atoms in total. The third-order valence-corrected chi connectivity index (χ3v) is 6.35. The van der Waals surface area contributed by atoms with Gasteiger partial charge in [0, 0.05) is 12.8 Å². The highest BCUT2D eigenvalue weighted by Gasteiger charge is 2.15. The summed E-state index contributed by atoms with van der Waals surface area (Å²) in [5.74, 6) is 0.522. The van der Waals surface area contributed by atoms with Crippen molar-refractivity contribution in [3.63, 3.8) is 0 Å². The predicted molar refractivity (Wildman–Crippen MR) is 141 cm³/mol. The summed E-state index contributed by atoms with van der Waals surface area (Å²) in [5.41, 5.74) is 0. The van der Waals surface area contributed by atoms with Crippen molar-refractivity contribution in [2.45, 2.75) is 117 Å². The average Bonchev–Trinajstić information content (AvgIpc) is 2.76. The Labute approximate surface area is 211 Å². The fourth-order valence-corrected chi connectivity index (χ4v) is 4.13. The minimum atomic E-state index is -0.784. The average molecular weight is 480 g/mol. The first-order valence-corrected chi connectivity index (χ1v) is 13.7. The van der Waals surface area contributed by atoms with Gasteiger partial charge < -0.3 is 14.4 Å². The van der Waals surface area contributed by atoms with Gasteiger partial charge in [0.05, 0.1) is 6.92 Å². The zero-order valence-electron chi connectivity index (χ0n) is 22.9. The van der Waals surface area contributed by atoms with Crippen LogP contribution in [-0.4, -0.2) is 50.2 Å². The van der Waals surface area contributed by atoms with E-state index < -0.39 is 5.97 Å². The Morgan fingerprint density at radius 2 is 1.50 bits per heavy atom. The Kier molecular flexibility index (Phi) is 21.2. The smallest absolute Gasteiger partial charge is 0.311 e. The lowest BCUT2D eigenvalue weighted by Crippen LogP contribution is -2.20. The van der Waals surface area contributed by atoms with Gasteiger partial charge in [0.1, 0.15) is 12.7 Å². The summed E-state index contributed by atoms with van der Waals surface area (Å²) in [6.07, 6.45) is 19.3. The number of nitrogens with zero attached hydrogens (tertiary/aromatic N) is 1. The lowest BCUT2D eigenvalue weighted by atomic mass is 9.92. The number of ether oxygens (including phenoxy) is 2. The molecule has 3 atom stereocenters. The molecule has 0 bridgehead atoms. The normalized spacial score (nSPS) is 14.3. The van der Waals surface area contributed by atoms with Crippen molar-refractivity contribution >= 4 is 11.9 Å². The fourth-order valence-electron chi connectivity index (χ4n) is 4.13. The molecule has 0 saturated heterocycles. The van der Waals surface area contributed by atoms with Crippen molar-refractivity contribution in [1.82, 2.24) is 4.90 Å². The third kappa shape index (κ3) is 22.4. The van der Waals surface area contributed by atoms with E-state index in [-0.39, 0.29) is 18.7 Å². The third-order valence-electron chi connectivity index (χ3n) is 6.35. The molecule has 0 spiro atoms. The summed E-state index contributed by atoms with van der Waals surface area (Å²) in [4.78, 5) is 25.0. The van der Waals surface area contributed by atoms with E-state index in [2.05, 4.69) is 25.7 Å². The molecule has 0 aromatic rings. The lowest BCUT2D eigenvalue weighted by molar-refractivity contribution is -0.149. The highest BCUT2D eigenvalue weighted by atomic mass is 16.5. The number of hydrogen-bond donors (Lipinski definition) is 0. The summed E-state index contributed by atoms with van der Waals surface area (Å²) in [7, 11) is 4.01. The van der Waals surface area contributed by atoms with Crippen LogP contribution in [0.2, 0.25) is 0 Å². The minimum Gasteiger partial charge on any atom is -0.462 e. The van der Waals surface area contributed by atoms with Crippen molar-refractivity contribution in [3.05, 3.63) is 19.1 Å². The van der Waals surface area contributed by atoms with Crippen LogP contribution in [0.1, 0.15) is 111 Å². The van der Waals surface area contributed by atoms with Crippen LogP contribution < -0.4 is 0 Å². The van der Waals surface area contributed by atoms with E-state index in [1.54, 1.807) is 6.08 Å². The van der Waals surface area contributed by atoms with Crippen LogP contribution >= 0.6 is 0 Å². The van der Waals surface area contributed by atoms with Crippen LogP contribution in [0.15, 0.2) is 12.2 Å². The van der Waals surface area contributed by atoms with E-state index in [1.807, 2.05) is 20.2 Å².